The third kappa shape index (κ3) is 4.40. The summed E-state index contributed by atoms with van der Waals surface area (Å²) in [5.41, 5.74) is 3.05. The molecule has 1 atom stereocenters. The lowest BCUT2D eigenvalue weighted by atomic mass is 10.1. The molecule has 1 aliphatic heterocycles. The molecular weight excluding hydrogens is 402 g/mol. The number of nitrogens with zero attached hydrogens (tertiary/aromatic N) is 3. The monoisotopic (exact) mass is 431 g/mol. The molecule has 4 rings (SSSR count). The molecule has 0 aliphatic carbocycles. The molecule has 1 aromatic heterocycles. The number of imidazole rings is 1. The number of methoxy groups -OCH3 is 1. The predicted molar refractivity (Wildman–Crippen MR) is 127 cm³/mol. The SMILES string of the molecule is C=CCN1C[C@H](c2nc3ccccc3n2CCOc2ccc(/C=C/C)cc2OC)CC1=O. The Morgan fingerprint density at radius 1 is 1.22 bits per heavy atom. The molecule has 32 heavy (non-hydrogen) atoms. The summed E-state index contributed by atoms with van der Waals surface area (Å²) in [4.78, 5) is 19.1. The predicted octanol–water partition coefficient (Wildman–Crippen LogP) is 4.66. The van der Waals surface area contributed by atoms with Crippen LogP contribution in [-0.4, -0.2) is 47.2 Å². The fourth-order valence-corrected chi connectivity index (χ4v) is 4.26. The summed E-state index contributed by atoms with van der Waals surface area (Å²) in [5.74, 6) is 2.56. The number of hydrogen-bond donors (Lipinski definition) is 0. The van der Waals surface area contributed by atoms with Crippen LogP contribution in [0.5, 0.6) is 11.5 Å². The number of fused-ring (bicyclic) bond motifs is 1. The van der Waals surface area contributed by atoms with Crippen LogP contribution in [-0.2, 0) is 11.3 Å². The highest BCUT2D eigenvalue weighted by molar-refractivity contribution is 5.81. The Labute approximate surface area is 188 Å². The zero-order chi connectivity index (χ0) is 22.5. The van der Waals surface area contributed by atoms with Crippen LogP contribution in [0.4, 0.5) is 0 Å². The lowest BCUT2D eigenvalue weighted by Crippen LogP contribution is -2.25. The van der Waals surface area contributed by atoms with Crippen LogP contribution in [0.25, 0.3) is 17.1 Å². The first-order valence-corrected chi connectivity index (χ1v) is 10.9. The van der Waals surface area contributed by atoms with Gasteiger partial charge in [0, 0.05) is 25.4 Å². The third-order valence-corrected chi connectivity index (χ3v) is 5.73. The molecule has 2 aromatic carbocycles. The standard InChI is InChI=1S/C26H29N3O3/c1-4-8-19-11-12-23(24(16-19)31-3)32-15-14-29-22-10-7-6-9-21(22)27-26(29)20-17-25(30)28(18-20)13-5-2/h4-12,16,20H,2,13-15,17-18H2,1,3H3/b8-4+/t20-/m1/s1. The molecule has 3 aromatic rings. The molecule has 0 saturated carbocycles. The van der Waals surface area contributed by atoms with Gasteiger partial charge in [-0.15, -0.1) is 6.58 Å². The van der Waals surface area contributed by atoms with Crippen molar-refractivity contribution >= 4 is 23.0 Å². The molecule has 1 fully saturated rings. The number of carbonyl (C=O) groups excluding carboxylic acids is 1. The number of likely N-dealkylation sites (tertiary alicyclic amines) is 1. The Bertz CT molecular complexity index is 1150. The van der Waals surface area contributed by atoms with Crippen molar-refractivity contribution in [2.75, 3.05) is 26.8 Å². The summed E-state index contributed by atoms with van der Waals surface area (Å²) in [5, 5.41) is 0. The summed E-state index contributed by atoms with van der Waals surface area (Å²) in [7, 11) is 1.65. The van der Waals surface area contributed by atoms with Crippen LogP contribution in [0.2, 0.25) is 0 Å². The van der Waals surface area contributed by atoms with Gasteiger partial charge in [-0.2, -0.15) is 0 Å². The van der Waals surface area contributed by atoms with E-state index in [4.69, 9.17) is 14.5 Å². The highest BCUT2D eigenvalue weighted by Crippen LogP contribution is 2.31. The van der Waals surface area contributed by atoms with Crippen molar-refractivity contribution in [2.45, 2.75) is 25.8 Å². The molecule has 1 saturated heterocycles. The van der Waals surface area contributed by atoms with Crippen LogP contribution in [0, 0.1) is 0 Å². The van der Waals surface area contributed by atoms with Crippen LogP contribution < -0.4 is 9.47 Å². The summed E-state index contributed by atoms with van der Waals surface area (Å²) in [6, 6.07) is 14.0. The van der Waals surface area contributed by atoms with Gasteiger partial charge in [-0.1, -0.05) is 36.4 Å². The van der Waals surface area contributed by atoms with E-state index in [1.54, 1.807) is 13.2 Å². The maximum Gasteiger partial charge on any atom is 0.223 e. The van der Waals surface area contributed by atoms with Gasteiger partial charge in [0.15, 0.2) is 11.5 Å². The van der Waals surface area contributed by atoms with E-state index < -0.39 is 0 Å². The molecule has 0 N–H and O–H groups in total. The highest BCUT2D eigenvalue weighted by atomic mass is 16.5. The van der Waals surface area contributed by atoms with Crippen molar-refractivity contribution in [3.8, 4) is 11.5 Å². The quantitative estimate of drug-likeness (QED) is 0.463. The zero-order valence-corrected chi connectivity index (χ0v) is 18.7. The molecule has 0 unspecified atom stereocenters. The van der Waals surface area contributed by atoms with Gasteiger partial charge >= 0.3 is 0 Å². The van der Waals surface area contributed by atoms with Gasteiger partial charge in [-0.3, -0.25) is 4.79 Å². The van der Waals surface area contributed by atoms with Gasteiger partial charge in [0.2, 0.25) is 5.91 Å². The Kier molecular flexibility index (Phi) is 6.59. The lowest BCUT2D eigenvalue weighted by Gasteiger charge is -2.16. The largest absolute Gasteiger partial charge is 0.493 e. The van der Waals surface area contributed by atoms with Crippen molar-refractivity contribution in [3.05, 3.63) is 72.6 Å². The average molecular weight is 432 g/mol. The van der Waals surface area contributed by atoms with Gasteiger partial charge in [-0.05, 0) is 36.8 Å². The molecule has 6 heteroatoms. The summed E-state index contributed by atoms with van der Waals surface area (Å²) >= 11 is 0. The van der Waals surface area contributed by atoms with Crippen molar-refractivity contribution in [3.63, 3.8) is 0 Å². The summed E-state index contributed by atoms with van der Waals surface area (Å²) in [6.45, 7) is 8.07. The van der Waals surface area contributed by atoms with Gasteiger partial charge in [-0.25, -0.2) is 4.98 Å². The first-order chi connectivity index (χ1) is 15.6. The number of hydrogen-bond acceptors (Lipinski definition) is 4. The maximum atomic E-state index is 12.4. The molecular formula is C26H29N3O3. The molecule has 0 bridgehead atoms. The van der Waals surface area contributed by atoms with Gasteiger partial charge in [0.05, 0.1) is 24.7 Å². The van der Waals surface area contributed by atoms with E-state index in [-0.39, 0.29) is 11.8 Å². The van der Waals surface area contributed by atoms with Gasteiger partial charge in [0.25, 0.3) is 0 Å². The topological polar surface area (TPSA) is 56.6 Å². The number of rotatable bonds is 9. The van der Waals surface area contributed by atoms with Crippen LogP contribution in [0.3, 0.4) is 0 Å². The Morgan fingerprint density at radius 2 is 2.06 bits per heavy atom. The van der Waals surface area contributed by atoms with Crippen molar-refractivity contribution < 1.29 is 14.3 Å². The molecule has 0 spiro atoms. The minimum Gasteiger partial charge on any atom is -0.493 e. The molecule has 6 nitrogen and oxygen atoms in total. The number of aromatic nitrogens is 2. The van der Waals surface area contributed by atoms with E-state index in [1.165, 1.54) is 0 Å². The Balaban J connectivity index is 1.55. The van der Waals surface area contributed by atoms with Crippen molar-refractivity contribution in [1.29, 1.82) is 0 Å². The van der Waals surface area contributed by atoms with Gasteiger partial charge < -0.3 is 18.9 Å². The first kappa shape index (κ1) is 21.7. The molecule has 1 aliphatic rings. The van der Waals surface area contributed by atoms with Crippen molar-refractivity contribution in [1.82, 2.24) is 14.5 Å². The number of ether oxygens (including phenoxy) is 2. The second-order valence-corrected chi connectivity index (χ2v) is 7.86. The number of benzene rings is 2. The number of para-hydroxylation sites is 2. The van der Waals surface area contributed by atoms with E-state index in [9.17, 15) is 4.79 Å². The molecule has 166 valence electrons. The molecule has 1 amide bonds. The Morgan fingerprint density at radius 3 is 2.84 bits per heavy atom. The minimum atomic E-state index is 0.0597. The van der Waals surface area contributed by atoms with Gasteiger partial charge in [0.1, 0.15) is 12.4 Å². The highest BCUT2D eigenvalue weighted by Gasteiger charge is 2.33. The van der Waals surface area contributed by atoms with E-state index in [0.717, 1.165) is 22.4 Å². The zero-order valence-electron chi connectivity index (χ0n) is 18.7. The summed E-state index contributed by atoms with van der Waals surface area (Å²) < 4.78 is 13.8. The normalized spacial score (nSPS) is 16.2. The lowest BCUT2D eigenvalue weighted by molar-refractivity contribution is -0.127. The Hall–Kier alpha value is -3.54. The molecule has 2 heterocycles. The molecule has 0 radical (unpaired) electrons. The number of allylic oxidation sites excluding steroid dienone is 1. The van der Waals surface area contributed by atoms with Crippen LogP contribution in [0.1, 0.15) is 30.7 Å². The fourth-order valence-electron chi connectivity index (χ4n) is 4.26. The smallest absolute Gasteiger partial charge is 0.223 e. The number of carbonyl (C=O) groups is 1. The second kappa shape index (κ2) is 9.73. The summed E-state index contributed by atoms with van der Waals surface area (Å²) in [6.07, 6.45) is 6.25. The van der Waals surface area contributed by atoms with E-state index >= 15 is 0 Å². The first-order valence-electron chi connectivity index (χ1n) is 10.9. The van der Waals surface area contributed by atoms with E-state index in [2.05, 4.69) is 17.2 Å². The van der Waals surface area contributed by atoms with Crippen molar-refractivity contribution in [2.24, 2.45) is 0 Å². The van der Waals surface area contributed by atoms with E-state index in [0.29, 0.717) is 44.2 Å². The average Bonchev–Trinajstić information content (AvgIpc) is 3.35. The number of amides is 1. The second-order valence-electron chi connectivity index (χ2n) is 7.86. The third-order valence-electron chi connectivity index (χ3n) is 5.73. The fraction of sp³-hybridized carbons (Fsp3) is 0.308. The van der Waals surface area contributed by atoms with Crippen LogP contribution in [0.15, 0.2) is 61.2 Å². The maximum absolute atomic E-state index is 12.4. The van der Waals surface area contributed by atoms with Crippen LogP contribution >= 0.6 is 0 Å². The minimum absolute atomic E-state index is 0.0597. The van der Waals surface area contributed by atoms with E-state index in [1.807, 2.05) is 60.4 Å².